The third-order valence-corrected chi connectivity index (χ3v) is 4.53. The summed E-state index contributed by atoms with van der Waals surface area (Å²) in [6.07, 6.45) is 1.000. The van der Waals surface area contributed by atoms with Crippen molar-refractivity contribution in [3.05, 3.63) is 59.1 Å². The number of carbonyl (C=O) groups is 1. The predicted octanol–water partition coefficient (Wildman–Crippen LogP) is 2.62. The molecule has 1 amide bonds. The van der Waals surface area contributed by atoms with Gasteiger partial charge in [0.25, 0.3) is 0 Å². The van der Waals surface area contributed by atoms with Gasteiger partial charge in [-0.25, -0.2) is 8.42 Å². The second kappa shape index (κ2) is 7.34. The molecule has 2 aromatic rings. The van der Waals surface area contributed by atoms with E-state index in [1.165, 1.54) is 12.1 Å². The molecule has 0 fully saturated rings. The van der Waals surface area contributed by atoms with Gasteiger partial charge in [0.1, 0.15) is 6.54 Å². The van der Waals surface area contributed by atoms with E-state index in [4.69, 9.17) is 16.9 Å². The first kappa shape index (κ1) is 17.8. The molecule has 0 bridgehead atoms. The van der Waals surface area contributed by atoms with Crippen LogP contribution in [-0.4, -0.2) is 27.1 Å². The Hall–Kier alpha value is -2.56. The van der Waals surface area contributed by atoms with E-state index >= 15 is 0 Å². The van der Waals surface area contributed by atoms with Gasteiger partial charge in [-0.05, 0) is 30.3 Å². The number of benzene rings is 2. The van der Waals surface area contributed by atoms with Crippen LogP contribution in [-0.2, 0) is 14.8 Å². The Bertz CT molecular complexity index is 907. The molecule has 0 unspecified atom stereocenters. The molecule has 0 saturated carbocycles. The molecule has 0 radical (unpaired) electrons. The molecular weight excluding hydrogens is 350 g/mol. The molecule has 8 heteroatoms. The number of nitrogens with zero attached hydrogens (tertiary/aromatic N) is 2. The quantitative estimate of drug-likeness (QED) is 0.884. The second-order valence-electron chi connectivity index (χ2n) is 4.96. The summed E-state index contributed by atoms with van der Waals surface area (Å²) < 4.78 is 25.0. The molecule has 2 rings (SSSR count). The Kier molecular flexibility index (Phi) is 5.44. The van der Waals surface area contributed by atoms with Gasteiger partial charge in [-0.15, -0.1) is 0 Å². The van der Waals surface area contributed by atoms with E-state index in [-0.39, 0.29) is 10.7 Å². The van der Waals surface area contributed by atoms with Crippen molar-refractivity contribution in [1.29, 1.82) is 5.26 Å². The highest BCUT2D eigenvalue weighted by molar-refractivity contribution is 7.92. The summed E-state index contributed by atoms with van der Waals surface area (Å²) >= 11 is 6.03. The summed E-state index contributed by atoms with van der Waals surface area (Å²) in [5.41, 5.74) is 1.02. The van der Waals surface area contributed by atoms with Crippen molar-refractivity contribution in [2.45, 2.75) is 0 Å². The summed E-state index contributed by atoms with van der Waals surface area (Å²) in [5.74, 6) is -0.546. The standard InChI is InChI=1S/C16H14ClN3O3S/c1-24(22,23)20(15-8-3-2-7-14(15)17)11-16(21)19-13-6-4-5-12(9-13)10-18/h2-9H,11H2,1H3,(H,19,21). The highest BCUT2D eigenvalue weighted by Gasteiger charge is 2.22. The van der Waals surface area contributed by atoms with Gasteiger partial charge in [0.15, 0.2) is 0 Å². The van der Waals surface area contributed by atoms with Gasteiger partial charge in [-0.2, -0.15) is 5.26 Å². The fraction of sp³-hybridized carbons (Fsp3) is 0.125. The summed E-state index contributed by atoms with van der Waals surface area (Å²) in [5, 5.41) is 11.7. The van der Waals surface area contributed by atoms with Crippen molar-refractivity contribution in [3.8, 4) is 6.07 Å². The number of rotatable bonds is 5. The van der Waals surface area contributed by atoms with Gasteiger partial charge in [0, 0.05) is 5.69 Å². The van der Waals surface area contributed by atoms with Crippen molar-refractivity contribution < 1.29 is 13.2 Å². The van der Waals surface area contributed by atoms with E-state index in [1.54, 1.807) is 36.4 Å². The van der Waals surface area contributed by atoms with Crippen LogP contribution < -0.4 is 9.62 Å². The Morgan fingerprint density at radius 3 is 2.58 bits per heavy atom. The highest BCUT2D eigenvalue weighted by Crippen LogP contribution is 2.27. The molecule has 24 heavy (non-hydrogen) atoms. The Morgan fingerprint density at radius 1 is 1.25 bits per heavy atom. The smallest absolute Gasteiger partial charge is 0.245 e. The number of amides is 1. The first-order valence-corrected chi connectivity index (χ1v) is 9.06. The van der Waals surface area contributed by atoms with E-state index in [1.807, 2.05) is 6.07 Å². The Labute approximate surface area is 145 Å². The van der Waals surface area contributed by atoms with Crippen LogP contribution in [0.15, 0.2) is 48.5 Å². The molecule has 0 spiro atoms. The number of halogens is 1. The van der Waals surface area contributed by atoms with Crippen molar-refractivity contribution >= 4 is 38.9 Å². The minimum absolute atomic E-state index is 0.224. The monoisotopic (exact) mass is 363 g/mol. The lowest BCUT2D eigenvalue weighted by Crippen LogP contribution is -2.37. The first-order chi connectivity index (χ1) is 11.3. The van der Waals surface area contributed by atoms with E-state index in [2.05, 4.69) is 5.32 Å². The number of anilines is 2. The minimum Gasteiger partial charge on any atom is -0.324 e. The molecule has 0 aliphatic carbocycles. The van der Waals surface area contributed by atoms with Gasteiger partial charge in [0.05, 0.1) is 28.6 Å². The zero-order valence-corrected chi connectivity index (χ0v) is 14.3. The number of carbonyl (C=O) groups excluding carboxylic acids is 1. The molecule has 0 aliphatic rings. The zero-order chi connectivity index (χ0) is 17.7. The van der Waals surface area contributed by atoms with Gasteiger partial charge in [-0.1, -0.05) is 29.8 Å². The maximum Gasteiger partial charge on any atom is 0.245 e. The fourth-order valence-electron chi connectivity index (χ4n) is 2.03. The summed E-state index contributed by atoms with van der Waals surface area (Å²) in [7, 11) is -3.70. The van der Waals surface area contributed by atoms with E-state index in [0.29, 0.717) is 11.3 Å². The van der Waals surface area contributed by atoms with Crippen LogP contribution >= 0.6 is 11.6 Å². The number of sulfonamides is 1. The number of hydrogen-bond acceptors (Lipinski definition) is 4. The molecule has 1 N–H and O–H groups in total. The maximum absolute atomic E-state index is 12.2. The normalized spacial score (nSPS) is 10.7. The third kappa shape index (κ3) is 4.47. The van der Waals surface area contributed by atoms with Crippen LogP contribution in [0, 0.1) is 11.3 Å². The van der Waals surface area contributed by atoms with Crippen molar-refractivity contribution in [2.24, 2.45) is 0 Å². The molecule has 0 saturated heterocycles. The Morgan fingerprint density at radius 2 is 1.96 bits per heavy atom. The lowest BCUT2D eigenvalue weighted by Gasteiger charge is -2.22. The molecule has 0 aliphatic heterocycles. The van der Waals surface area contributed by atoms with Gasteiger partial charge in [0.2, 0.25) is 15.9 Å². The number of nitrogens with one attached hydrogen (secondary N) is 1. The van der Waals surface area contributed by atoms with Crippen LogP contribution in [0.25, 0.3) is 0 Å². The Balaban J connectivity index is 2.23. The topological polar surface area (TPSA) is 90.3 Å². The molecule has 124 valence electrons. The van der Waals surface area contributed by atoms with Crippen LogP contribution in [0.2, 0.25) is 5.02 Å². The molecular formula is C16H14ClN3O3S. The highest BCUT2D eigenvalue weighted by atomic mass is 35.5. The number of hydrogen-bond donors (Lipinski definition) is 1. The largest absolute Gasteiger partial charge is 0.324 e. The fourth-order valence-corrected chi connectivity index (χ4v) is 3.19. The van der Waals surface area contributed by atoms with Crippen molar-refractivity contribution in [3.63, 3.8) is 0 Å². The van der Waals surface area contributed by atoms with Gasteiger partial charge >= 0.3 is 0 Å². The lowest BCUT2D eigenvalue weighted by molar-refractivity contribution is -0.114. The maximum atomic E-state index is 12.2. The van der Waals surface area contributed by atoms with E-state index in [9.17, 15) is 13.2 Å². The first-order valence-electron chi connectivity index (χ1n) is 6.83. The van der Waals surface area contributed by atoms with E-state index in [0.717, 1.165) is 10.6 Å². The molecule has 0 atom stereocenters. The van der Waals surface area contributed by atoms with Gasteiger partial charge < -0.3 is 5.32 Å². The summed E-state index contributed by atoms with van der Waals surface area (Å²) in [4.78, 5) is 12.2. The SMILES string of the molecule is CS(=O)(=O)N(CC(=O)Nc1cccc(C#N)c1)c1ccccc1Cl. The predicted molar refractivity (Wildman–Crippen MR) is 93.4 cm³/mol. The zero-order valence-electron chi connectivity index (χ0n) is 12.7. The van der Waals surface area contributed by atoms with Crippen LogP contribution in [0.5, 0.6) is 0 Å². The summed E-state index contributed by atoms with van der Waals surface area (Å²) in [6.45, 7) is -0.431. The summed E-state index contributed by atoms with van der Waals surface area (Å²) in [6, 6.07) is 14.7. The van der Waals surface area contributed by atoms with Crippen molar-refractivity contribution in [1.82, 2.24) is 0 Å². The average molecular weight is 364 g/mol. The van der Waals surface area contributed by atoms with E-state index < -0.39 is 22.5 Å². The average Bonchev–Trinajstić information content (AvgIpc) is 2.52. The van der Waals surface area contributed by atoms with Crippen LogP contribution in [0.4, 0.5) is 11.4 Å². The lowest BCUT2D eigenvalue weighted by atomic mass is 10.2. The van der Waals surface area contributed by atoms with Gasteiger partial charge in [-0.3, -0.25) is 9.10 Å². The van der Waals surface area contributed by atoms with Crippen LogP contribution in [0.3, 0.4) is 0 Å². The number of para-hydroxylation sites is 1. The number of nitriles is 1. The van der Waals surface area contributed by atoms with Crippen LogP contribution in [0.1, 0.15) is 5.56 Å². The third-order valence-electron chi connectivity index (χ3n) is 3.08. The minimum atomic E-state index is -3.70. The molecule has 6 nitrogen and oxygen atoms in total. The molecule has 0 heterocycles. The molecule has 2 aromatic carbocycles. The molecule has 0 aromatic heterocycles. The van der Waals surface area contributed by atoms with Crippen molar-refractivity contribution in [2.75, 3.05) is 22.4 Å². The second-order valence-corrected chi connectivity index (χ2v) is 7.28.